The predicted molar refractivity (Wildman–Crippen MR) is 123 cm³/mol. The van der Waals surface area contributed by atoms with Crippen molar-refractivity contribution >= 4 is 11.5 Å². The molecule has 3 rings (SSSR count). The summed E-state index contributed by atoms with van der Waals surface area (Å²) in [6, 6.07) is 30.1. The van der Waals surface area contributed by atoms with Gasteiger partial charge < -0.3 is 4.74 Å². The molecule has 1 atom stereocenters. The van der Waals surface area contributed by atoms with E-state index in [1.165, 1.54) is 0 Å². The lowest BCUT2D eigenvalue weighted by Crippen LogP contribution is -2.41. The second kappa shape index (κ2) is 11.1. The van der Waals surface area contributed by atoms with E-state index in [0.29, 0.717) is 26.1 Å². The van der Waals surface area contributed by atoms with Gasteiger partial charge in [0.15, 0.2) is 0 Å². The minimum atomic E-state index is -0.418. The van der Waals surface area contributed by atoms with E-state index in [0.717, 1.165) is 22.3 Å². The van der Waals surface area contributed by atoms with Crippen molar-refractivity contribution < 1.29 is 9.53 Å². The van der Waals surface area contributed by atoms with Crippen LogP contribution in [0.3, 0.4) is 0 Å². The van der Waals surface area contributed by atoms with Crippen molar-refractivity contribution in [3.63, 3.8) is 0 Å². The highest BCUT2D eigenvalue weighted by Gasteiger charge is 2.28. The van der Waals surface area contributed by atoms with Crippen molar-refractivity contribution in [3.05, 3.63) is 114 Å². The molecule has 0 saturated carbocycles. The Kier molecular flexibility index (Phi) is 7.99. The highest BCUT2D eigenvalue weighted by Crippen LogP contribution is 2.24. The van der Waals surface area contributed by atoms with Gasteiger partial charge in [-0.3, -0.25) is 9.69 Å². The third-order valence-corrected chi connectivity index (χ3v) is 5.08. The summed E-state index contributed by atoms with van der Waals surface area (Å²) in [6.45, 7) is 7.78. The summed E-state index contributed by atoms with van der Waals surface area (Å²) in [4.78, 5) is 15.2. The third kappa shape index (κ3) is 6.16. The number of hydrogen-bond donors (Lipinski definition) is 0. The summed E-state index contributed by atoms with van der Waals surface area (Å²) in [5.41, 5.74) is 4.30. The molecule has 3 nitrogen and oxygen atoms in total. The zero-order chi connectivity index (χ0) is 21.2. The molecule has 0 bridgehead atoms. The largest absolute Gasteiger partial charge is 0.465 e. The van der Waals surface area contributed by atoms with Crippen molar-refractivity contribution in [2.45, 2.75) is 32.5 Å². The summed E-state index contributed by atoms with van der Waals surface area (Å²) < 4.78 is 5.48. The number of nitrogens with zero attached hydrogens (tertiary/aromatic N) is 1. The summed E-state index contributed by atoms with van der Waals surface area (Å²) in [7, 11) is 0. The van der Waals surface area contributed by atoms with Crippen LogP contribution in [0.15, 0.2) is 97.6 Å². The lowest BCUT2D eigenvalue weighted by Gasteiger charge is -2.31. The standard InChI is InChI=1S/C27H29NO2/c1-3-30-27(29)26(19-22(2)25-17-11-6-12-18-25)28(20-23-13-7-4-8-14-23)21-24-15-9-5-10-16-24/h4-18,26H,2-3,19-21H2,1H3. The first kappa shape index (κ1) is 21.5. The smallest absolute Gasteiger partial charge is 0.323 e. The van der Waals surface area contributed by atoms with Gasteiger partial charge in [-0.05, 0) is 35.6 Å². The van der Waals surface area contributed by atoms with Crippen molar-refractivity contribution in [3.8, 4) is 0 Å². The van der Waals surface area contributed by atoms with Gasteiger partial charge in [-0.2, -0.15) is 0 Å². The van der Waals surface area contributed by atoms with E-state index in [1.54, 1.807) is 0 Å². The summed E-state index contributed by atoms with van der Waals surface area (Å²) in [6.07, 6.45) is 0.516. The molecule has 30 heavy (non-hydrogen) atoms. The molecule has 0 saturated heterocycles. The number of ether oxygens (including phenoxy) is 1. The fourth-order valence-corrected chi connectivity index (χ4v) is 3.54. The van der Waals surface area contributed by atoms with Crippen molar-refractivity contribution in [1.82, 2.24) is 4.90 Å². The van der Waals surface area contributed by atoms with Gasteiger partial charge in [0.1, 0.15) is 6.04 Å². The number of benzene rings is 3. The minimum absolute atomic E-state index is 0.207. The Morgan fingerprint density at radius 1 is 0.833 bits per heavy atom. The van der Waals surface area contributed by atoms with Crippen LogP contribution in [0.25, 0.3) is 5.57 Å². The Morgan fingerprint density at radius 3 is 1.77 bits per heavy atom. The van der Waals surface area contributed by atoms with Gasteiger partial charge in [0.2, 0.25) is 0 Å². The van der Waals surface area contributed by atoms with E-state index < -0.39 is 6.04 Å². The van der Waals surface area contributed by atoms with Crippen molar-refractivity contribution in [1.29, 1.82) is 0 Å². The SMILES string of the molecule is C=C(CC(C(=O)OCC)N(Cc1ccccc1)Cc1ccccc1)c1ccccc1. The quantitative estimate of drug-likeness (QED) is 0.408. The maximum atomic E-state index is 13.0. The first-order valence-corrected chi connectivity index (χ1v) is 10.4. The number of esters is 1. The third-order valence-electron chi connectivity index (χ3n) is 5.08. The van der Waals surface area contributed by atoms with E-state index in [2.05, 4.69) is 35.7 Å². The molecule has 154 valence electrons. The molecule has 0 radical (unpaired) electrons. The van der Waals surface area contributed by atoms with Crippen LogP contribution >= 0.6 is 0 Å². The first-order valence-electron chi connectivity index (χ1n) is 10.4. The van der Waals surface area contributed by atoms with Gasteiger partial charge in [-0.1, -0.05) is 97.6 Å². The molecule has 0 N–H and O–H groups in total. The van der Waals surface area contributed by atoms with E-state index in [9.17, 15) is 4.79 Å². The summed E-state index contributed by atoms with van der Waals surface area (Å²) in [5, 5.41) is 0. The van der Waals surface area contributed by atoms with E-state index in [1.807, 2.05) is 73.7 Å². The predicted octanol–water partition coefficient (Wildman–Crippen LogP) is 5.72. The van der Waals surface area contributed by atoms with E-state index in [-0.39, 0.29) is 5.97 Å². The minimum Gasteiger partial charge on any atom is -0.465 e. The molecule has 0 aliphatic carbocycles. The monoisotopic (exact) mass is 399 g/mol. The molecule has 3 aromatic rings. The second-order valence-corrected chi connectivity index (χ2v) is 7.32. The number of carbonyl (C=O) groups is 1. The van der Waals surface area contributed by atoms with Gasteiger partial charge in [-0.15, -0.1) is 0 Å². The number of carbonyl (C=O) groups excluding carboxylic acids is 1. The van der Waals surface area contributed by atoms with Crippen LogP contribution in [0.2, 0.25) is 0 Å². The molecular weight excluding hydrogens is 370 g/mol. The van der Waals surface area contributed by atoms with Gasteiger partial charge >= 0.3 is 5.97 Å². The average Bonchev–Trinajstić information content (AvgIpc) is 2.79. The second-order valence-electron chi connectivity index (χ2n) is 7.32. The molecular formula is C27H29NO2. The van der Waals surface area contributed by atoms with Crippen molar-refractivity contribution in [2.24, 2.45) is 0 Å². The molecule has 0 aliphatic rings. The Hall–Kier alpha value is -3.17. The summed E-state index contributed by atoms with van der Waals surface area (Å²) >= 11 is 0. The van der Waals surface area contributed by atoms with Crippen LogP contribution in [0.1, 0.15) is 30.0 Å². The lowest BCUT2D eigenvalue weighted by atomic mass is 9.98. The molecule has 0 aromatic heterocycles. The van der Waals surface area contributed by atoms with Gasteiger partial charge in [0.05, 0.1) is 6.61 Å². The zero-order valence-electron chi connectivity index (χ0n) is 17.5. The molecule has 0 aliphatic heterocycles. The normalized spacial score (nSPS) is 11.8. The molecule has 0 fully saturated rings. The van der Waals surface area contributed by atoms with Gasteiger partial charge in [0.25, 0.3) is 0 Å². The number of hydrogen-bond acceptors (Lipinski definition) is 3. The molecule has 0 heterocycles. The topological polar surface area (TPSA) is 29.5 Å². The first-order chi connectivity index (χ1) is 14.7. The van der Waals surface area contributed by atoms with Gasteiger partial charge in [0, 0.05) is 13.1 Å². The lowest BCUT2D eigenvalue weighted by molar-refractivity contribution is -0.149. The van der Waals surface area contributed by atoms with Crippen LogP contribution < -0.4 is 0 Å². The van der Waals surface area contributed by atoms with Crippen LogP contribution in [0, 0.1) is 0 Å². The van der Waals surface area contributed by atoms with Crippen LogP contribution in [-0.2, 0) is 22.6 Å². The Morgan fingerprint density at radius 2 is 1.30 bits per heavy atom. The molecule has 3 aromatic carbocycles. The van der Waals surface area contributed by atoms with Gasteiger partial charge in [-0.25, -0.2) is 0 Å². The highest BCUT2D eigenvalue weighted by molar-refractivity contribution is 5.79. The van der Waals surface area contributed by atoms with E-state index in [4.69, 9.17) is 4.74 Å². The number of rotatable bonds is 10. The fourth-order valence-electron chi connectivity index (χ4n) is 3.54. The molecule has 3 heteroatoms. The van der Waals surface area contributed by atoms with Crippen LogP contribution in [0.4, 0.5) is 0 Å². The average molecular weight is 400 g/mol. The molecule has 1 unspecified atom stereocenters. The molecule has 0 spiro atoms. The highest BCUT2D eigenvalue weighted by atomic mass is 16.5. The Balaban J connectivity index is 1.90. The van der Waals surface area contributed by atoms with Crippen molar-refractivity contribution in [2.75, 3.05) is 6.61 Å². The van der Waals surface area contributed by atoms with Crippen LogP contribution in [-0.4, -0.2) is 23.5 Å². The Bertz CT molecular complexity index is 881. The van der Waals surface area contributed by atoms with E-state index >= 15 is 0 Å². The maximum absolute atomic E-state index is 13.0. The Labute approximate surface area is 179 Å². The zero-order valence-corrected chi connectivity index (χ0v) is 17.5. The van der Waals surface area contributed by atoms with Crippen LogP contribution in [0.5, 0.6) is 0 Å². The maximum Gasteiger partial charge on any atom is 0.323 e. The fraction of sp³-hybridized carbons (Fsp3) is 0.222. The summed E-state index contributed by atoms with van der Waals surface area (Å²) in [5.74, 6) is -0.207. The molecule has 0 amide bonds.